The van der Waals surface area contributed by atoms with Crippen molar-refractivity contribution in [2.24, 2.45) is 0 Å². The van der Waals surface area contributed by atoms with E-state index in [1.807, 2.05) is 37.8 Å². The number of benzene rings is 1. The van der Waals surface area contributed by atoms with E-state index < -0.39 is 11.6 Å². The maximum absolute atomic E-state index is 13.6. The molecular formula is C30H39N3O7. The highest BCUT2D eigenvalue weighted by atomic mass is 16.6. The summed E-state index contributed by atoms with van der Waals surface area (Å²) in [6.07, 6.45) is 0.673. The second kappa shape index (κ2) is 12.0. The van der Waals surface area contributed by atoms with E-state index in [9.17, 15) is 29.7 Å². The molecular weight excluding hydrogens is 514 g/mol. The van der Waals surface area contributed by atoms with Gasteiger partial charge in [0.25, 0.3) is 0 Å². The number of amides is 2. The average molecular weight is 554 g/mol. The topological polar surface area (TPSA) is 140 Å². The van der Waals surface area contributed by atoms with Crippen LogP contribution in [0.15, 0.2) is 29.1 Å². The van der Waals surface area contributed by atoms with E-state index >= 15 is 0 Å². The Kier molecular flexibility index (Phi) is 8.82. The minimum Gasteiger partial charge on any atom is -0.444 e. The summed E-state index contributed by atoms with van der Waals surface area (Å²) in [5.74, 6) is -0.228. The summed E-state index contributed by atoms with van der Waals surface area (Å²) >= 11 is 0. The zero-order chi connectivity index (χ0) is 29.2. The van der Waals surface area contributed by atoms with E-state index in [0.29, 0.717) is 78.1 Å². The van der Waals surface area contributed by atoms with Gasteiger partial charge in [-0.1, -0.05) is 12.1 Å². The molecule has 0 radical (unpaired) electrons. The summed E-state index contributed by atoms with van der Waals surface area (Å²) in [7, 11) is 0. The van der Waals surface area contributed by atoms with Gasteiger partial charge in [-0.15, -0.1) is 0 Å². The Balaban J connectivity index is 1.79. The van der Waals surface area contributed by atoms with E-state index in [1.165, 1.54) is 6.92 Å². The lowest BCUT2D eigenvalue weighted by Gasteiger charge is -2.36. The number of rotatable bonds is 5. The first-order valence-electron chi connectivity index (χ1n) is 13.6. The lowest BCUT2D eigenvalue weighted by molar-refractivity contribution is -0.119. The monoisotopic (exact) mass is 553 g/mol. The molecule has 1 aliphatic heterocycles. The number of aryl methyl sites for hydroxylation is 1. The molecule has 40 heavy (non-hydrogen) atoms. The van der Waals surface area contributed by atoms with Gasteiger partial charge in [0.1, 0.15) is 5.60 Å². The predicted molar refractivity (Wildman–Crippen MR) is 151 cm³/mol. The van der Waals surface area contributed by atoms with Gasteiger partial charge in [0.05, 0.1) is 31.5 Å². The van der Waals surface area contributed by atoms with Crippen LogP contribution in [0.5, 0.6) is 0 Å². The Labute approximate surface area is 234 Å². The van der Waals surface area contributed by atoms with Crippen LogP contribution in [0, 0.1) is 0 Å². The maximum atomic E-state index is 13.6. The van der Waals surface area contributed by atoms with Gasteiger partial charge in [-0.3, -0.25) is 9.59 Å². The van der Waals surface area contributed by atoms with Gasteiger partial charge in [-0.05, 0) is 84.7 Å². The van der Waals surface area contributed by atoms with Crippen LogP contribution in [0.3, 0.4) is 0 Å². The van der Waals surface area contributed by atoms with Crippen LogP contribution in [0.1, 0.15) is 68.0 Å². The number of fused-ring (bicyclic) bond motifs is 3. The SMILES string of the molecule is CC(=O)NC1CCc2cc(CO)c(CO)c(CO)c2-c2ccc(N3CCN(C(=O)OC(C)(C)C)CC3)c(=O)cc21. The summed E-state index contributed by atoms with van der Waals surface area (Å²) in [4.78, 5) is 41.9. The van der Waals surface area contributed by atoms with E-state index in [2.05, 4.69) is 5.32 Å². The minimum atomic E-state index is -0.594. The number of piperazine rings is 1. The molecule has 1 aliphatic carbocycles. The summed E-state index contributed by atoms with van der Waals surface area (Å²) in [5, 5.41) is 33.4. The predicted octanol–water partition coefficient (Wildman–Crippen LogP) is 2.37. The molecule has 4 N–H and O–H groups in total. The molecule has 0 saturated carbocycles. The van der Waals surface area contributed by atoms with Crippen molar-refractivity contribution in [2.75, 3.05) is 31.1 Å². The molecule has 2 aromatic carbocycles. The molecule has 4 rings (SSSR count). The van der Waals surface area contributed by atoms with Crippen LogP contribution in [0.25, 0.3) is 11.1 Å². The third kappa shape index (κ3) is 6.14. The third-order valence-electron chi connectivity index (χ3n) is 7.46. The molecule has 1 heterocycles. The molecule has 10 nitrogen and oxygen atoms in total. The number of ether oxygens (including phenoxy) is 1. The molecule has 2 amide bonds. The highest BCUT2D eigenvalue weighted by Gasteiger charge is 2.29. The van der Waals surface area contributed by atoms with Crippen molar-refractivity contribution < 1.29 is 29.6 Å². The lowest BCUT2D eigenvalue weighted by Crippen LogP contribution is -2.50. The first-order valence-corrected chi connectivity index (χ1v) is 13.6. The van der Waals surface area contributed by atoms with Gasteiger partial charge < -0.3 is 35.2 Å². The molecule has 0 spiro atoms. The van der Waals surface area contributed by atoms with Crippen LogP contribution in [0.4, 0.5) is 10.5 Å². The normalized spacial score (nSPS) is 17.0. The zero-order valence-corrected chi connectivity index (χ0v) is 23.6. The summed E-state index contributed by atoms with van der Waals surface area (Å²) < 4.78 is 5.49. The number of carbonyl (C=O) groups excluding carboxylic acids is 2. The van der Waals surface area contributed by atoms with Gasteiger partial charge in [0.15, 0.2) is 0 Å². The Morgan fingerprint density at radius 3 is 2.25 bits per heavy atom. The van der Waals surface area contributed by atoms with Gasteiger partial charge >= 0.3 is 6.09 Å². The van der Waals surface area contributed by atoms with Gasteiger partial charge in [0.2, 0.25) is 11.3 Å². The van der Waals surface area contributed by atoms with E-state index in [4.69, 9.17) is 4.74 Å². The number of hydrogen-bond donors (Lipinski definition) is 4. The largest absolute Gasteiger partial charge is 0.444 e. The van der Waals surface area contributed by atoms with Crippen molar-refractivity contribution in [2.45, 2.75) is 72.0 Å². The van der Waals surface area contributed by atoms with Crippen molar-refractivity contribution in [3.05, 3.63) is 62.3 Å². The fourth-order valence-electron chi connectivity index (χ4n) is 5.67. The first kappa shape index (κ1) is 29.5. The van der Waals surface area contributed by atoms with Crippen LogP contribution < -0.4 is 15.6 Å². The van der Waals surface area contributed by atoms with E-state index in [0.717, 1.165) is 5.56 Å². The van der Waals surface area contributed by atoms with Crippen LogP contribution >= 0.6 is 0 Å². The summed E-state index contributed by atoms with van der Waals surface area (Å²) in [5.41, 5.74) is 4.05. The Morgan fingerprint density at radius 2 is 1.68 bits per heavy atom. The number of aliphatic hydroxyl groups excluding tert-OH is 3. The maximum Gasteiger partial charge on any atom is 0.410 e. The van der Waals surface area contributed by atoms with Crippen molar-refractivity contribution in [3.8, 4) is 11.1 Å². The number of hydrogen-bond acceptors (Lipinski definition) is 8. The molecule has 1 unspecified atom stereocenters. The van der Waals surface area contributed by atoms with Gasteiger partial charge in [0, 0.05) is 33.1 Å². The van der Waals surface area contributed by atoms with Gasteiger partial charge in [-0.25, -0.2) is 4.79 Å². The van der Waals surface area contributed by atoms with Crippen LogP contribution in [-0.2, 0) is 35.8 Å². The second-order valence-electron chi connectivity index (χ2n) is 11.3. The molecule has 0 bridgehead atoms. The standard InChI is InChI=1S/C30H39N3O7/c1-18(37)31-25-7-5-19-13-20(15-34)23(16-35)24(17-36)28(19)21-6-8-26(27(38)14-22(21)25)32-9-11-33(12-10-32)29(39)40-30(2,3)4/h6,8,13-14,25,34-36H,5,7,9-12,15-17H2,1-4H3,(H,31,37). The Hall–Kier alpha value is -3.47. The van der Waals surface area contributed by atoms with Crippen molar-refractivity contribution in [1.82, 2.24) is 10.2 Å². The molecule has 216 valence electrons. The van der Waals surface area contributed by atoms with Gasteiger partial charge in [-0.2, -0.15) is 0 Å². The van der Waals surface area contributed by atoms with E-state index in [-0.39, 0.29) is 37.2 Å². The number of nitrogens with one attached hydrogen (secondary N) is 1. The summed E-state index contributed by atoms with van der Waals surface area (Å²) in [6, 6.07) is 6.54. The smallest absolute Gasteiger partial charge is 0.410 e. The number of carbonyl (C=O) groups is 2. The van der Waals surface area contributed by atoms with E-state index in [1.54, 1.807) is 17.0 Å². The molecule has 2 aliphatic rings. The Morgan fingerprint density at radius 1 is 1.00 bits per heavy atom. The highest BCUT2D eigenvalue weighted by Crippen LogP contribution is 2.41. The van der Waals surface area contributed by atoms with Crippen molar-refractivity contribution in [1.29, 1.82) is 0 Å². The molecule has 0 aromatic heterocycles. The molecule has 1 fully saturated rings. The zero-order valence-electron chi connectivity index (χ0n) is 23.6. The minimum absolute atomic E-state index is 0.217. The lowest BCUT2D eigenvalue weighted by atomic mass is 9.87. The number of anilines is 1. The number of aliphatic hydroxyl groups is 3. The number of nitrogens with zero attached hydrogens (tertiary/aromatic N) is 2. The molecule has 1 saturated heterocycles. The third-order valence-corrected chi connectivity index (χ3v) is 7.46. The molecule has 2 aromatic rings. The fourth-order valence-corrected chi connectivity index (χ4v) is 5.67. The van der Waals surface area contributed by atoms with Crippen LogP contribution in [0.2, 0.25) is 0 Å². The average Bonchev–Trinajstić information content (AvgIpc) is 3.15. The fraction of sp³-hybridized carbons (Fsp3) is 0.500. The van der Waals surface area contributed by atoms with Crippen molar-refractivity contribution >= 4 is 17.7 Å². The second-order valence-corrected chi connectivity index (χ2v) is 11.3. The van der Waals surface area contributed by atoms with Crippen LogP contribution in [-0.4, -0.2) is 64.0 Å². The summed E-state index contributed by atoms with van der Waals surface area (Å²) in [6.45, 7) is 7.60. The Bertz CT molecular complexity index is 1340. The molecule has 1 atom stereocenters. The highest BCUT2D eigenvalue weighted by molar-refractivity contribution is 5.80. The quantitative estimate of drug-likeness (QED) is 0.443. The first-order chi connectivity index (χ1) is 19.0. The van der Waals surface area contributed by atoms with Crippen molar-refractivity contribution in [3.63, 3.8) is 0 Å². The molecule has 10 heteroatoms.